The number of pyridine rings is 4. The average Bonchev–Trinajstić information content (AvgIpc) is 1.58. The number of piperidine rings is 4. The number of amides is 4. The standard InChI is InChI=1S/C24H24N4O3.C23H21FN4O2.C22H23N5O3.C21H20FN5O2/c1-15-4-7-22(27-13-15)31-21-11-16-10-20(21)28(14-16)24(29)18-6-5-17(30-2)12-19(18)23-25-8-3-9-26-23;1-14-6-7-20(27-12-14)30-19-11-15-10-18(19)28(13-15)23(29)16-4-2-5-17(24)21(16)22-25-8-3-9-26-22;1-14-3-6-21(23-12-14)30-20-10-15-9-19(20)26(13-15)22(28)17-5-4-16(29-2)11-18(17)27-24-7-8-25-27;1-13-2-5-20(23-11-13)29-19-9-14-8-18(19)26(12-14)21(28)16-10-15(22)3-4-17(16)27-24-6-7-25-27/h3-9,12-13,16,20-21H,10-11,14H2,1-2H3;2-9,12,15,18-19H,10-11,13H2,1H3;3-8,11-12,15,19-20H,9-10,13H2,1-2H3;2-7,10-11,14,18-19H,8-9,12H2,1H3. The summed E-state index contributed by atoms with van der Waals surface area (Å²) in [6, 6.07) is 38.1. The Hall–Kier alpha value is -13.5. The molecule has 8 bridgehead atoms. The van der Waals surface area contributed by atoms with Crippen molar-refractivity contribution in [2.45, 2.75) is 128 Å². The van der Waals surface area contributed by atoms with Crippen LogP contribution < -0.4 is 28.4 Å². The van der Waals surface area contributed by atoms with Crippen LogP contribution >= 0.6 is 0 Å². The van der Waals surface area contributed by atoms with E-state index in [4.69, 9.17) is 28.4 Å². The lowest BCUT2D eigenvalue weighted by atomic mass is 10.0. The lowest BCUT2D eigenvalue weighted by Crippen LogP contribution is -2.47. The largest absolute Gasteiger partial charge is 0.497 e. The summed E-state index contributed by atoms with van der Waals surface area (Å²) in [5.41, 5.74) is 7.83. The third kappa shape index (κ3) is 16.9. The van der Waals surface area contributed by atoms with Gasteiger partial charge in [-0.25, -0.2) is 48.7 Å². The molecular formula is C90H88F2N18O10. The highest BCUT2D eigenvalue weighted by Crippen LogP contribution is 2.46. The molecule has 4 aliphatic heterocycles. The van der Waals surface area contributed by atoms with Crippen molar-refractivity contribution in [1.82, 2.24) is 89.5 Å². The smallest absolute Gasteiger partial charge is 0.256 e. The maximum atomic E-state index is 14.7. The van der Waals surface area contributed by atoms with Gasteiger partial charge in [0.05, 0.1) is 96.7 Å². The van der Waals surface area contributed by atoms with Crippen LogP contribution in [-0.4, -0.2) is 202 Å². The fraction of sp³-hybridized carbons (Fsp3) is 0.333. The maximum absolute atomic E-state index is 14.7. The van der Waals surface area contributed by atoms with Crippen LogP contribution in [0.4, 0.5) is 8.78 Å². The van der Waals surface area contributed by atoms with Crippen LogP contribution in [0, 0.1) is 63.0 Å². The van der Waals surface area contributed by atoms with Crippen molar-refractivity contribution in [1.29, 1.82) is 0 Å². The van der Waals surface area contributed by atoms with Crippen LogP contribution in [0.15, 0.2) is 208 Å². The molecule has 8 fully saturated rings. The van der Waals surface area contributed by atoms with Crippen molar-refractivity contribution in [3.63, 3.8) is 0 Å². The molecule has 8 aliphatic rings. The molecular weight excluding hydrogens is 1530 g/mol. The van der Waals surface area contributed by atoms with Crippen molar-refractivity contribution in [2.75, 3.05) is 40.4 Å². The van der Waals surface area contributed by atoms with Gasteiger partial charge in [-0.2, -0.15) is 30.0 Å². The van der Waals surface area contributed by atoms with Crippen molar-refractivity contribution < 1.29 is 56.4 Å². The summed E-state index contributed by atoms with van der Waals surface area (Å²) in [6.07, 6.45) is 26.8. The van der Waals surface area contributed by atoms with Crippen LogP contribution in [0.2, 0.25) is 0 Å². The molecule has 4 aromatic carbocycles. The second-order valence-corrected chi connectivity index (χ2v) is 31.7. The number of fused-ring (bicyclic) bond motifs is 8. The minimum atomic E-state index is -0.506. The molecule has 12 aromatic rings. The number of benzene rings is 4. The third-order valence-corrected chi connectivity index (χ3v) is 23.6. The number of likely N-dealkylation sites (tertiary alicyclic amines) is 4. The number of halogens is 2. The van der Waals surface area contributed by atoms with Crippen molar-refractivity contribution in [2.24, 2.45) is 23.7 Å². The summed E-state index contributed by atoms with van der Waals surface area (Å²) in [5.74, 6) is 4.52. The number of carbonyl (C=O) groups excluding carboxylic acids is 4. The first kappa shape index (κ1) is 79.0. The monoisotopic (exact) mass is 1620 g/mol. The summed E-state index contributed by atoms with van der Waals surface area (Å²) in [7, 11) is 3.20. The normalized spacial score (nSPS) is 22.3. The Morgan fingerprint density at radius 1 is 0.350 bits per heavy atom. The number of ether oxygens (including phenoxy) is 6. The van der Waals surface area contributed by atoms with Crippen molar-refractivity contribution in [3.05, 3.63) is 264 Å². The molecule has 0 N–H and O–H groups in total. The highest BCUT2D eigenvalue weighted by molar-refractivity contribution is 6.02. The summed E-state index contributed by atoms with van der Waals surface area (Å²) in [6.45, 7) is 10.7. The molecule has 120 heavy (non-hydrogen) atoms. The van der Waals surface area contributed by atoms with E-state index >= 15 is 0 Å². The van der Waals surface area contributed by atoms with Gasteiger partial charge in [-0.3, -0.25) is 19.2 Å². The Labute approximate surface area is 690 Å². The summed E-state index contributed by atoms with van der Waals surface area (Å²) in [5, 5.41) is 16.6. The van der Waals surface area contributed by atoms with Gasteiger partial charge in [0.25, 0.3) is 23.6 Å². The van der Waals surface area contributed by atoms with Crippen LogP contribution in [0.5, 0.6) is 35.0 Å². The lowest BCUT2D eigenvalue weighted by molar-refractivity contribution is 0.0463. The molecule has 0 spiro atoms. The molecule has 612 valence electrons. The zero-order valence-electron chi connectivity index (χ0n) is 66.9. The number of aryl methyl sites for hydroxylation is 4. The first-order chi connectivity index (χ1) is 58.4. The highest BCUT2D eigenvalue weighted by atomic mass is 19.1. The topological polar surface area (TPSA) is 301 Å². The molecule has 4 amide bonds. The van der Waals surface area contributed by atoms with Gasteiger partial charge in [0.1, 0.15) is 53.2 Å². The van der Waals surface area contributed by atoms with E-state index in [1.807, 2.05) is 97.0 Å². The van der Waals surface area contributed by atoms with Crippen LogP contribution in [0.1, 0.15) is 115 Å². The van der Waals surface area contributed by atoms with E-state index in [0.717, 1.165) is 86.7 Å². The molecule has 4 saturated carbocycles. The SMILES string of the molecule is COc1ccc(C(=O)N2CC3CC(Oc4ccc(C)cn4)C2C3)c(-c2ncccn2)c1.COc1ccc(C(=O)N2CC3CC(Oc4ccc(C)cn4)C2C3)c(-n2nccn2)c1.Cc1ccc(OC2CC3CC2N(C(=O)c2cc(F)ccc2-n2nccn2)C3)nc1.Cc1ccc(OC2CC3CC2N(C(=O)c2cccc(F)c2-c2ncccn2)C3)nc1. The number of nitrogens with zero attached hydrogens (tertiary/aromatic N) is 18. The molecule has 4 saturated heterocycles. The predicted octanol–water partition coefficient (Wildman–Crippen LogP) is 12.7. The van der Waals surface area contributed by atoms with Crippen molar-refractivity contribution in [3.8, 4) is 69.2 Å². The Kier molecular flexibility index (Phi) is 22.7. The van der Waals surface area contributed by atoms with Gasteiger partial charge in [0, 0.05) is 112 Å². The molecule has 4 aliphatic carbocycles. The number of rotatable bonds is 18. The fourth-order valence-corrected chi connectivity index (χ4v) is 18.0. The summed E-state index contributed by atoms with van der Waals surface area (Å²) in [4.78, 5) is 98.7. The fourth-order valence-electron chi connectivity index (χ4n) is 18.0. The van der Waals surface area contributed by atoms with Gasteiger partial charge in [-0.15, -0.1) is 0 Å². The first-order valence-corrected chi connectivity index (χ1v) is 40.3. The third-order valence-electron chi connectivity index (χ3n) is 23.6. The zero-order chi connectivity index (χ0) is 82.7. The Morgan fingerprint density at radius 3 is 1.12 bits per heavy atom. The van der Waals surface area contributed by atoms with E-state index in [-0.39, 0.29) is 94.7 Å². The van der Waals surface area contributed by atoms with E-state index in [1.165, 1.54) is 46.3 Å². The van der Waals surface area contributed by atoms with E-state index in [0.29, 0.717) is 106 Å². The zero-order valence-corrected chi connectivity index (χ0v) is 66.9. The van der Waals surface area contributed by atoms with Gasteiger partial charge in [0.2, 0.25) is 23.5 Å². The van der Waals surface area contributed by atoms with Gasteiger partial charge in [-0.1, -0.05) is 30.3 Å². The number of methoxy groups -OCH3 is 2. The van der Waals surface area contributed by atoms with E-state index in [1.54, 1.807) is 136 Å². The molecule has 12 unspecified atom stereocenters. The number of carbonyl (C=O) groups is 4. The van der Waals surface area contributed by atoms with Crippen molar-refractivity contribution >= 4 is 23.6 Å². The second kappa shape index (κ2) is 34.6. The maximum Gasteiger partial charge on any atom is 0.256 e. The highest BCUT2D eigenvalue weighted by Gasteiger charge is 2.53. The van der Waals surface area contributed by atoms with E-state index in [2.05, 4.69) is 60.3 Å². The average molecular weight is 1620 g/mol. The number of aromatic nitrogens is 14. The number of hydrogen-bond donors (Lipinski definition) is 0. The van der Waals surface area contributed by atoms with Gasteiger partial charge in [-0.05, 0) is 198 Å². The Balaban J connectivity index is 0.000000114. The van der Waals surface area contributed by atoms with Gasteiger partial charge >= 0.3 is 0 Å². The number of hydrogen-bond acceptors (Lipinski definition) is 22. The van der Waals surface area contributed by atoms with Crippen LogP contribution in [0.3, 0.4) is 0 Å². The Morgan fingerprint density at radius 2 is 0.725 bits per heavy atom. The molecule has 8 aromatic heterocycles. The molecule has 12 atom stereocenters. The minimum Gasteiger partial charge on any atom is -0.497 e. The summed E-state index contributed by atoms with van der Waals surface area (Å²) < 4.78 is 63.9. The molecule has 20 rings (SSSR count). The predicted molar refractivity (Wildman–Crippen MR) is 434 cm³/mol. The molecule has 28 nitrogen and oxygen atoms in total. The Bertz CT molecular complexity index is 5640. The molecule has 0 radical (unpaired) electrons. The molecule has 30 heteroatoms. The van der Waals surface area contributed by atoms with Gasteiger partial charge in [0.15, 0.2) is 11.6 Å². The quantitative estimate of drug-likeness (QED) is 0.0770. The lowest BCUT2D eigenvalue weighted by Gasteiger charge is -2.33. The van der Waals surface area contributed by atoms with Gasteiger partial charge < -0.3 is 48.0 Å². The second-order valence-electron chi connectivity index (χ2n) is 31.7. The van der Waals surface area contributed by atoms with Crippen LogP contribution in [0.25, 0.3) is 34.2 Å². The summed E-state index contributed by atoms with van der Waals surface area (Å²) >= 11 is 0. The van der Waals surface area contributed by atoms with E-state index < -0.39 is 11.6 Å². The van der Waals surface area contributed by atoms with E-state index in [9.17, 15) is 28.0 Å². The van der Waals surface area contributed by atoms with Crippen LogP contribution in [-0.2, 0) is 0 Å². The first-order valence-electron chi connectivity index (χ1n) is 40.3. The minimum absolute atomic E-state index is 0.0252. The molecule has 12 heterocycles.